The number of Topliss-reactive ketones (excluding diaryl/α,β-unsaturated/α-hetero) is 1. The lowest BCUT2D eigenvalue weighted by Crippen LogP contribution is -2.49. The molecule has 19 heavy (non-hydrogen) atoms. The molecule has 1 unspecified atom stereocenters. The van der Waals surface area contributed by atoms with Gasteiger partial charge in [-0.1, -0.05) is 30.3 Å². The van der Waals surface area contributed by atoms with Gasteiger partial charge in [0.15, 0.2) is 0 Å². The molecule has 5 nitrogen and oxygen atoms in total. The average Bonchev–Trinajstić information content (AvgIpc) is 2.36. The fourth-order valence-electron chi connectivity index (χ4n) is 1.85. The molecule has 1 N–H and O–H groups in total. The Labute approximate surface area is 110 Å². The number of nitrogens with one attached hydrogen (secondary N) is 1. The summed E-state index contributed by atoms with van der Waals surface area (Å²) in [5.41, 5.74) is 0.884. The van der Waals surface area contributed by atoms with E-state index in [1.54, 1.807) is 0 Å². The van der Waals surface area contributed by atoms with Gasteiger partial charge in [0.2, 0.25) is 5.91 Å². The van der Waals surface area contributed by atoms with Crippen molar-refractivity contribution in [2.75, 3.05) is 0 Å². The van der Waals surface area contributed by atoms with E-state index in [0.29, 0.717) is 6.42 Å². The third-order valence-electron chi connectivity index (χ3n) is 2.86. The molecule has 0 aromatic heterocycles. The van der Waals surface area contributed by atoms with Crippen molar-refractivity contribution in [2.24, 2.45) is 0 Å². The smallest absolute Gasteiger partial charge is 0.313 e. The van der Waals surface area contributed by atoms with Crippen LogP contribution in [-0.4, -0.2) is 23.7 Å². The Morgan fingerprint density at radius 3 is 2.58 bits per heavy atom. The fourth-order valence-corrected chi connectivity index (χ4v) is 1.85. The van der Waals surface area contributed by atoms with Crippen molar-refractivity contribution in [1.82, 2.24) is 5.32 Å². The van der Waals surface area contributed by atoms with Gasteiger partial charge in [0, 0.05) is 18.9 Å². The number of rotatable bonds is 6. The normalized spacial score (nSPS) is 17.3. The molecule has 0 aliphatic carbocycles. The van der Waals surface area contributed by atoms with Crippen LogP contribution in [0, 0.1) is 0 Å². The Bertz CT molecular complexity index is 475. The predicted molar refractivity (Wildman–Crippen MR) is 67.0 cm³/mol. The summed E-state index contributed by atoms with van der Waals surface area (Å²) in [5.74, 6) is -0.785. The summed E-state index contributed by atoms with van der Waals surface area (Å²) >= 11 is 0. The maximum absolute atomic E-state index is 11.5. The number of hydrogen-bond acceptors (Lipinski definition) is 4. The third-order valence-corrected chi connectivity index (χ3v) is 2.86. The van der Waals surface area contributed by atoms with Crippen molar-refractivity contribution in [1.29, 1.82) is 0 Å². The van der Waals surface area contributed by atoms with Crippen LogP contribution in [0.1, 0.15) is 24.8 Å². The Hall–Kier alpha value is -2.17. The predicted octanol–water partition coefficient (Wildman–Crippen LogP) is 0.968. The molecule has 1 aliphatic rings. The highest BCUT2D eigenvalue weighted by Crippen LogP contribution is 2.10. The van der Waals surface area contributed by atoms with Gasteiger partial charge in [-0.3, -0.25) is 14.4 Å². The highest BCUT2D eigenvalue weighted by molar-refractivity contribution is 5.97. The summed E-state index contributed by atoms with van der Waals surface area (Å²) in [4.78, 5) is 33.6. The van der Waals surface area contributed by atoms with E-state index < -0.39 is 5.97 Å². The molecule has 1 fully saturated rings. The van der Waals surface area contributed by atoms with Gasteiger partial charge in [-0.15, -0.1) is 0 Å². The van der Waals surface area contributed by atoms with Crippen molar-refractivity contribution in [3.63, 3.8) is 0 Å². The van der Waals surface area contributed by atoms with Gasteiger partial charge in [0.05, 0.1) is 0 Å². The zero-order chi connectivity index (χ0) is 13.7. The Kier molecular flexibility index (Phi) is 4.28. The highest BCUT2D eigenvalue weighted by atomic mass is 16.5. The van der Waals surface area contributed by atoms with Gasteiger partial charge in [-0.05, 0) is 5.56 Å². The highest BCUT2D eigenvalue weighted by Gasteiger charge is 2.27. The number of carbonyl (C=O) groups excluding carboxylic acids is 3. The second-order valence-corrected chi connectivity index (χ2v) is 4.53. The van der Waals surface area contributed by atoms with Crippen LogP contribution < -0.4 is 5.32 Å². The van der Waals surface area contributed by atoms with E-state index in [1.165, 1.54) is 0 Å². The summed E-state index contributed by atoms with van der Waals surface area (Å²) in [5, 5.41) is 2.59. The molecule has 2 rings (SSSR count). The molecule has 1 aromatic carbocycles. The van der Waals surface area contributed by atoms with Gasteiger partial charge in [0.1, 0.15) is 18.8 Å². The van der Waals surface area contributed by atoms with Crippen molar-refractivity contribution in [3.8, 4) is 0 Å². The molecule has 0 radical (unpaired) electrons. The lowest BCUT2D eigenvalue weighted by Gasteiger charge is -2.25. The first-order valence-electron chi connectivity index (χ1n) is 6.14. The third kappa shape index (κ3) is 4.21. The van der Waals surface area contributed by atoms with Crippen LogP contribution >= 0.6 is 0 Å². The minimum absolute atomic E-state index is 0.0514. The molecular weight excluding hydrogens is 246 g/mol. The molecule has 100 valence electrons. The van der Waals surface area contributed by atoms with Crippen LogP contribution in [0.15, 0.2) is 30.3 Å². The van der Waals surface area contributed by atoms with Crippen molar-refractivity contribution in [3.05, 3.63) is 35.9 Å². The first kappa shape index (κ1) is 13.3. The maximum atomic E-state index is 11.5. The van der Waals surface area contributed by atoms with Crippen LogP contribution in [0.5, 0.6) is 0 Å². The summed E-state index contributed by atoms with van der Waals surface area (Å²) < 4.78 is 5.01. The van der Waals surface area contributed by atoms with Crippen LogP contribution in [0.2, 0.25) is 0 Å². The van der Waals surface area contributed by atoms with E-state index in [9.17, 15) is 14.4 Å². The molecule has 5 heteroatoms. The minimum atomic E-state index is -0.528. The molecule has 0 spiro atoms. The number of ether oxygens (including phenoxy) is 1. The Morgan fingerprint density at radius 2 is 1.95 bits per heavy atom. The van der Waals surface area contributed by atoms with Crippen molar-refractivity contribution < 1.29 is 19.1 Å². The number of amides is 1. The number of ketones is 1. The minimum Gasteiger partial charge on any atom is -0.460 e. The summed E-state index contributed by atoms with van der Waals surface area (Å²) in [6.45, 7) is 0.174. The van der Waals surface area contributed by atoms with E-state index >= 15 is 0 Å². The van der Waals surface area contributed by atoms with Gasteiger partial charge in [-0.2, -0.15) is 0 Å². The molecule has 1 atom stereocenters. The SMILES string of the molecule is O=C(CC(=O)OCc1ccccc1)CC1CC(=O)N1. The summed E-state index contributed by atoms with van der Waals surface area (Å²) in [6, 6.07) is 9.17. The van der Waals surface area contributed by atoms with Crippen LogP contribution in [0.3, 0.4) is 0 Å². The quantitative estimate of drug-likeness (QED) is 0.470. The second-order valence-electron chi connectivity index (χ2n) is 4.53. The van der Waals surface area contributed by atoms with Gasteiger partial charge in [-0.25, -0.2) is 0 Å². The van der Waals surface area contributed by atoms with Crippen LogP contribution in [0.25, 0.3) is 0 Å². The van der Waals surface area contributed by atoms with E-state index in [2.05, 4.69) is 5.32 Å². The lowest BCUT2D eigenvalue weighted by atomic mass is 9.99. The molecule has 1 amide bonds. The zero-order valence-electron chi connectivity index (χ0n) is 10.4. The average molecular weight is 261 g/mol. The first-order valence-corrected chi connectivity index (χ1v) is 6.14. The fraction of sp³-hybridized carbons (Fsp3) is 0.357. The number of β-lactam (4-membered cyclic amide) rings is 1. The lowest BCUT2D eigenvalue weighted by molar-refractivity contribution is -0.147. The second kappa shape index (κ2) is 6.13. The Balaban J connectivity index is 1.66. The van der Waals surface area contributed by atoms with Crippen LogP contribution in [-0.2, 0) is 25.7 Å². The molecule has 1 aromatic rings. The zero-order valence-corrected chi connectivity index (χ0v) is 10.4. The first-order chi connectivity index (χ1) is 9.13. The van der Waals surface area contributed by atoms with Crippen LogP contribution in [0.4, 0.5) is 0 Å². The monoisotopic (exact) mass is 261 g/mol. The molecular formula is C14H15NO4. The number of esters is 1. The molecule has 1 saturated heterocycles. The van der Waals surface area contributed by atoms with Gasteiger partial charge >= 0.3 is 5.97 Å². The van der Waals surface area contributed by atoms with E-state index in [1.807, 2.05) is 30.3 Å². The largest absolute Gasteiger partial charge is 0.460 e. The summed E-state index contributed by atoms with van der Waals surface area (Å²) in [6.07, 6.45) is 0.330. The standard InChI is InChI=1S/C14H15NO4/c16-12(6-11-7-13(17)15-11)8-14(18)19-9-10-4-2-1-3-5-10/h1-5,11H,6-9H2,(H,15,17). The van der Waals surface area contributed by atoms with E-state index in [0.717, 1.165) is 5.56 Å². The molecule has 1 heterocycles. The number of carbonyl (C=O) groups is 3. The Morgan fingerprint density at radius 1 is 1.26 bits per heavy atom. The van der Waals surface area contributed by atoms with Gasteiger partial charge < -0.3 is 10.1 Å². The molecule has 1 aliphatic heterocycles. The van der Waals surface area contributed by atoms with Crippen molar-refractivity contribution in [2.45, 2.75) is 31.9 Å². The number of hydrogen-bond donors (Lipinski definition) is 1. The summed E-state index contributed by atoms with van der Waals surface area (Å²) in [7, 11) is 0. The van der Waals surface area contributed by atoms with Gasteiger partial charge in [0.25, 0.3) is 0 Å². The van der Waals surface area contributed by atoms with E-state index in [-0.39, 0.29) is 37.2 Å². The van der Waals surface area contributed by atoms with Crippen molar-refractivity contribution >= 4 is 17.7 Å². The maximum Gasteiger partial charge on any atom is 0.313 e. The molecule has 0 saturated carbocycles. The molecule has 0 bridgehead atoms. The van der Waals surface area contributed by atoms with E-state index in [4.69, 9.17) is 4.74 Å². The topological polar surface area (TPSA) is 72.5 Å². The number of benzene rings is 1.